The number of aryl methyl sites for hydroxylation is 2. The second-order valence-corrected chi connectivity index (χ2v) is 8.43. The Kier molecular flexibility index (Phi) is 5.02. The van der Waals surface area contributed by atoms with Gasteiger partial charge < -0.3 is 10.0 Å². The number of rotatable bonds is 3. The first-order chi connectivity index (χ1) is 12.3. The first-order valence-electron chi connectivity index (χ1n) is 8.45. The van der Waals surface area contributed by atoms with E-state index in [1.54, 1.807) is 29.2 Å². The van der Waals surface area contributed by atoms with Crippen LogP contribution in [0, 0.1) is 13.8 Å². The predicted octanol–water partition coefficient (Wildman–Crippen LogP) is 2.16. The molecule has 0 saturated carbocycles. The van der Waals surface area contributed by atoms with Gasteiger partial charge in [0.15, 0.2) is 0 Å². The van der Waals surface area contributed by atoms with E-state index in [-0.39, 0.29) is 29.6 Å². The predicted molar refractivity (Wildman–Crippen MR) is 98.7 cm³/mol. The molecule has 0 radical (unpaired) electrons. The molecule has 1 fully saturated rings. The molecule has 1 amide bonds. The van der Waals surface area contributed by atoms with Crippen LogP contribution in [0.3, 0.4) is 0 Å². The fraction of sp³-hybridized carbons (Fsp3) is 0.316. The van der Waals surface area contributed by atoms with Crippen LogP contribution in [0.1, 0.15) is 21.5 Å². The van der Waals surface area contributed by atoms with E-state index in [0.29, 0.717) is 18.7 Å². The molecule has 1 N–H and O–H groups in total. The number of nitrogens with zero attached hydrogens (tertiary/aromatic N) is 2. The highest BCUT2D eigenvalue weighted by Gasteiger charge is 2.30. The average molecular weight is 374 g/mol. The van der Waals surface area contributed by atoms with Gasteiger partial charge in [-0.1, -0.05) is 12.1 Å². The number of carbonyl (C=O) groups is 1. The van der Waals surface area contributed by atoms with Crippen LogP contribution in [0.15, 0.2) is 47.4 Å². The molecule has 1 saturated heterocycles. The van der Waals surface area contributed by atoms with Gasteiger partial charge in [-0.25, -0.2) is 8.42 Å². The number of amides is 1. The number of aromatic hydroxyl groups is 1. The molecule has 2 aromatic rings. The van der Waals surface area contributed by atoms with Gasteiger partial charge >= 0.3 is 0 Å². The van der Waals surface area contributed by atoms with Crippen molar-refractivity contribution < 1.29 is 18.3 Å². The Morgan fingerprint density at radius 1 is 0.962 bits per heavy atom. The van der Waals surface area contributed by atoms with Gasteiger partial charge in [0.05, 0.1) is 4.90 Å². The van der Waals surface area contributed by atoms with Crippen LogP contribution in [0.2, 0.25) is 0 Å². The third-order valence-electron chi connectivity index (χ3n) is 4.74. The van der Waals surface area contributed by atoms with E-state index in [9.17, 15) is 18.3 Å². The van der Waals surface area contributed by atoms with Crippen molar-refractivity contribution in [2.24, 2.45) is 0 Å². The zero-order chi connectivity index (χ0) is 18.9. The highest BCUT2D eigenvalue weighted by atomic mass is 32.2. The minimum Gasteiger partial charge on any atom is -0.508 e. The van der Waals surface area contributed by atoms with E-state index in [0.717, 1.165) is 11.1 Å². The van der Waals surface area contributed by atoms with Gasteiger partial charge in [0.25, 0.3) is 5.91 Å². The number of phenolic OH excluding ortho intramolecular Hbond substituents is 1. The Morgan fingerprint density at radius 2 is 1.65 bits per heavy atom. The van der Waals surface area contributed by atoms with Crippen molar-refractivity contribution in [3.8, 4) is 5.75 Å². The van der Waals surface area contributed by atoms with E-state index < -0.39 is 10.0 Å². The summed E-state index contributed by atoms with van der Waals surface area (Å²) in [6.45, 7) is 4.97. The molecule has 0 atom stereocenters. The van der Waals surface area contributed by atoms with Gasteiger partial charge in [-0.15, -0.1) is 0 Å². The molecule has 1 heterocycles. The number of benzene rings is 2. The summed E-state index contributed by atoms with van der Waals surface area (Å²) in [6.07, 6.45) is 0. The molecule has 1 aliphatic rings. The lowest BCUT2D eigenvalue weighted by Crippen LogP contribution is -2.50. The lowest BCUT2D eigenvalue weighted by Gasteiger charge is -2.34. The van der Waals surface area contributed by atoms with Crippen LogP contribution in [-0.2, 0) is 10.0 Å². The maximum absolute atomic E-state index is 12.8. The van der Waals surface area contributed by atoms with Gasteiger partial charge in [0.2, 0.25) is 10.0 Å². The number of hydrogen-bond acceptors (Lipinski definition) is 4. The maximum Gasteiger partial charge on any atom is 0.254 e. The molecule has 2 aromatic carbocycles. The smallest absolute Gasteiger partial charge is 0.254 e. The molecule has 0 aromatic heterocycles. The highest BCUT2D eigenvalue weighted by molar-refractivity contribution is 7.89. The second-order valence-electron chi connectivity index (χ2n) is 6.49. The lowest BCUT2D eigenvalue weighted by molar-refractivity contribution is 0.0697. The molecule has 26 heavy (non-hydrogen) atoms. The van der Waals surface area contributed by atoms with Crippen molar-refractivity contribution in [2.75, 3.05) is 26.2 Å². The molecule has 138 valence electrons. The minimum absolute atomic E-state index is 0.0341. The number of phenols is 1. The number of hydrogen-bond donors (Lipinski definition) is 1. The Labute approximate surface area is 153 Å². The Hall–Kier alpha value is -2.38. The van der Waals surface area contributed by atoms with Gasteiger partial charge in [0, 0.05) is 31.7 Å². The van der Waals surface area contributed by atoms with E-state index in [1.807, 2.05) is 19.9 Å². The van der Waals surface area contributed by atoms with Crippen LogP contribution in [0.4, 0.5) is 0 Å². The topological polar surface area (TPSA) is 77.9 Å². The Morgan fingerprint density at radius 3 is 2.27 bits per heavy atom. The summed E-state index contributed by atoms with van der Waals surface area (Å²) in [6, 6.07) is 11.3. The van der Waals surface area contributed by atoms with Crippen LogP contribution in [0.5, 0.6) is 5.75 Å². The summed E-state index contributed by atoms with van der Waals surface area (Å²) in [5.41, 5.74) is 2.38. The normalized spacial score (nSPS) is 15.8. The fourth-order valence-corrected chi connectivity index (χ4v) is 4.48. The van der Waals surface area contributed by atoms with E-state index in [2.05, 4.69) is 0 Å². The van der Waals surface area contributed by atoms with Gasteiger partial charge in [-0.3, -0.25) is 4.79 Å². The zero-order valence-electron chi connectivity index (χ0n) is 14.8. The van der Waals surface area contributed by atoms with Gasteiger partial charge in [0.1, 0.15) is 5.75 Å². The van der Waals surface area contributed by atoms with Crippen molar-refractivity contribution in [1.29, 1.82) is 0 Å². The van der Waals surface area contributed by atoms with Crippen molar-refractivity contribution in [1.82, 2.24) is 9.21 Å². The van der Waals surface area contributed by atoms with E-state index in [1.165, 1.54) is 16.4 Å². The third kappa shape index (κ3) is 3.59. The lowest BCUT2D eigenvalue weighted by atomic mass is 10.1. The molecular weight excluding hydrogens is 352 g/mol. The third-order valence-corrected chi connectivity index (χ3v) is 6.63. The summed E-state index contributed by atoms with van der Waals surface area (Å²) in [5.74, 6) is -0.170. The highest BCUT2D eigenvalue weighted by Crippen LogP contribution is 2.21. The summed E-state index contributed by atoms with van der Waals surface area (Å²) >= 11 is 0. The summed E-state index contributed by atoms with van der Waals surface area (Å²) in [7, 11) is -3.57. The second kappa shape index (κ2) is 7.09. The zero-order valence-corrected chi connectivity index (χ0v) is 15.7. The van der Waals surface area contributed by atoms with Crippen LogP contribution < -0.4 is 0 Å². The van der Waals surface area contributed by atoms with Crippen molar-refractivity contribution in [3.05, 3.63) is 59.2 Å². The van der Waals surface area contributed by atoms with Crippen LogP contribution in [-0.4, -0.2) is 54.8 Å². The van der Waals surface area contributed by atoms with Crippen molar-refractivity contribution in [2.45, 2.75) is 18.7 Å². The summed E-state index contributed by atoms with van der Waals surface area (Å²) < 4.78 is 27.1. The monoisotopic (exact) mass is 374 g/mol. The van der Waals surface area contributed by atoms with Crippen LogP contribution >= 0.6 is 0 Å². The quantitative estimate of drug-likeness (QED) is 0.893. The number of carbonyl (C=O) groups excluding carboxylic acids is 1. The van der Waals surface area contributed by atoms with Crippen molar-refractivity contribution in [3.63, 3.8) is 0 Å². The first-order valence-corrected chi connectivity index (χ1v) is 9.89. The molecule has 0 aliphatic carbocycles. The average Bonchev–Trinajstić information content (AvgIpc) is 2.63. The summed E-state index contributed by atoms with van der Waals surface area (Å²) in [5, 5.41) is 9.52. The van der Waals surface area contributed by atoms with E-state index in [4.69, 9.17) is 0 Å². The Balaban J connectivity index is 1.71. The molecular formula is C19H22N2O4S. The largest absolute Gasteiger partial charge is 0.508 e. The summed E-state index contributed by atoms with van der Waals surface area (Å²) in [4.78, 5) is 14.4. The van der Waals surface area contributed by atoms with Gasteiger partial charge in [-0.05, 0) is 55.3 Å². The number of sulfonamides is 1. The molecule has 0 spiro atoms. The number of piperazine rings is 1. The SMILES string of the molecule is Cc1ccc(S(=O)(=O)N2CCN(C(=O)c3cccc(O)c3)CC2)cc1C. The molecule has 1 aliphatic heterocycles. The molecule has 7 heteroatoms. The van der Waals surface area contributed by atoms with Crippen LogP contribution in [0.25, 0.3) is 0 Å². The van der Waals surface area contributed by atoms with Crippen molar-refractivity contribution >= 4 is 15.9 Å². The maximum atomic E-state index is 12.8. The molecule has 3 rings (SSSR count). The first kappa shape index (κ1) is 18.4. The molecule has 0 bridgehead atoms. The molecule has 0 unspecified atom stereocenters. The minimum atomic E-state index is -3.57. The van der Waals surface area contributed by atoms with Gasteiger partial charge in [-0.2, -0.15) is 4.31 Å². The molecule has 6 nitrogen and oxygen atoms in total. The van der Waals surface area contributed by atoms with E-state index >= 15 is 0 Å². The fourth-order valence-electron chi connectivity index (χ4n) is 2.98. The Bertz CT molecular complexity index is 932. The standard InChI is InChI=1S/C19H22N2O4S/c1-14-6-7-18(12-15(14)2)26(24,25)21-10-8-20(9-11-21)19(23)16-4-3-5-17(22)13-16/h3-7,12-13,22H,8-11H2,1-2H3.